The summed E-state index contributed by atoms with van der Waals surface area (Å²) in [4.78, 5) is 11.1. The normalized spacial score (nSPS) is 9.94. The Labute approximate surface area is 100 Å². The Bertz CT molecular complexity index is 472. The van der Waals surface area contributed by atoms with E-state index in [9.17, 15) is 4.79 Å². The molecule has 0 atom stereocenters. The van der Waals surface area contributed by atoms with Gasteiger partial charge in [0.1, 0.15) is 5.75 Å². The second-order valence-corrected chi connectivity index (χ2v) is 3.15. The molecule has 0 spiro atoms. The third-order valence-corrected chi connectivity index (χ3v) is 2.05. The van der Waals surface area contributed by atoms with Gasteiger partial charge in [0.05, 0.1) is 25.3 Å². The van der Waals surface area contributed by atoms with Gasteiger partial charge in [0.2, 0.25) is 0 Å². The summed E-state index contributed by atoms with van der Waals surface area (Å²) < 4.78 is 9.89. The van der Waals surface area contributed by atoms with Crippen molar-refractivity contribution in [2.24, 2.45) is 0 Å². The molecule has 1 aromatic carbocycles. The van der Waals surface area contributed by atoms with Gasteiger partial charge in [-0.3, -0.25) is 0 Å². The maximum absolute atomic E-state index is 11.1. The second kappa shape index (κ2) is 6.33. The molecule has 0 bridgehead atoms. The predicted octanol–water partition coefficient (Wildman–Crippen LogP) is 2.14. The fraction of sp³-hybridized carbons (Fsp3) is 0.231. The molecule has 0 aliphatic heterocycles. The Balaban J connectivity index is 2.91. The van der Waals surface area contributed by atoms with Crippen LogP contribution in [0.5, 0.6) is 5.75 Å². The molecule has 0 aliphatic rings. The first-order valence-corrected chi connectivity index (χ1v) is 5.14. The summed E-state index contributed by atoms with van der Waals surface area (Å²) in [6, 6.07) is 7.01. The van der Waals surface area contributed by atoms with Crippen LogP contribution in [0.15, 0.2) is 24.3 Å². The summed E-state index contributed by atoms with van der Waals surface area (Å²) >= 11 is 0. The predicted molar refractivity (Wildman–Crippen MR) is 63.4 cm³/mol. The number of nitrogens with zero attached hydrogens (tertiary/aromatic N) is 1. The molecule has 88 valence electrons. The Hall–Kier alpha value is -2.28. The molecule has 0 aromatic heterocycles. The lowest BCUT2D eigenvalue weighted by molar-refractivity contribution is -0.137. The van der Waals surface area contributed by atoms with Crippen LogP contribution in [0.3, 0.4) is 0 Å². The minimum absolute atomic E-state index is 0.341. The topological polar surface area (TPSA) is 59.3 Å². The van der Waals surface area contributed by atoms with Gasteiger partial charge in [0.15, 0.2) is 0 Å². The minimum Gasteiger partial charge on any atom is -0.496 e. The lowest BCUT2D eigenvalue weighted by Gasteiger charge is -2.04. The van der Waals surface area contributed by atoms with Gasteiger partial charge in [0.25, 0.3) is 0 Å². The summed E-state index contributed by atoms with van der Waals surface area (Å²) in [6.07, 6.45) is 2.92. The van der Waals surface area contributed by atoms with Crippen LogP contribution in [0.1, 0.15) is 18.1 Å². The highest BCUT2D eigenvalue weighted by Gasteiger charge is 2.02. The average Bonchev–Trinajstić information content (AvgIpc) is 2.36. The van der Waals surface area contributed by atoms with Gasteiger partial charge >= 0.3 is 5.97 Å². The molecule has 17 heavy (non-hydrogen) atoms. The third-order valence-electron chi connectivity index (χ3n) is 2.05. The fourth-order valence-electron chi connectivity index (χ4n) is 1.27. The molecule has 0 aliphatic carbocycles. The van der Waals surface area contributed by atoms with Crippen molar-refractivity contribution in [2.75, 3.05) is 13.7 Å². The second-order valence-electron chi connectivity index (χ2n) is 3.15. The van der Waals surface area contributed by atoms with Crippen molar-refractivity contribution in [1.82, 2.24) is 0 Å². The molecule has 0 N–H and O–H groups in total. The monoisotopic (exact) mass is 231 g/mol. The molecule has 0 saturated carbocycles. The maximum Gasteiger partial charge on any atom is 0.330 e. The number of carbonyl (C=O) groups excluding carboxylic acids is 1. The smallest absolute Gasteiger partial charge is 0.330 e. The van der Waals surface area contributed by atoms with E-state index in [1.807, 2.05) is 6.07 Å². The zero-order valence-corrected chi connectivity index (χ0v) is 9.77. The SMILES string of the molecule is CCOC(=O)C=Cc1ccc(C#N)cc1OC. The molecule has 0 unspecified atom stereocenters. The van der Waals surface area contributed by atoms with E-state index < -0.39 is 5.97 Å². The summed E-state index contributed by atoms with van der Waals surface area (Å²) in [5, 5.41) is 8.74. The molecule has 0 fully saturated rings. The van der Waals surface area contributed by atoms with E-state index >= 15 is 0 Å². The van der Waals surface area contributed by atoms with Gasteiger partial charge in [-0.1, -0.05) is 0 Å². The number of benzene rings is 1. The van der Waals surface area contributed by atoms with Crippen molar-refractivity contribution in [1.29, 1.82) is 5.26 Å². The van der Waals surface area contributed by atoms with E-state index in [1.54, 1.807) is 31.2 Å². The van der Waals surface area contributed by atoms with Crippen LogP contribution in [0.2, 0.25) is 0 Å². The summed E-state index contributed by atoms with van der Waals surface area (Å²) in [6.45, 7) is 2.09. The molecule has 0 saturated heterocycles. The van der Waals surface area contributed by atoms with Crippen molar-refractivity contribution in [3.05, 3.63) is 35.4 Å². The van der Waals surface area contributed by atoms with E-state index in [4.69, 9.17) is 14.7 Å². The van der Waals surface area contributed by atoms with Crippen molar-refractivity contribution in [3.63, 3.8) is 0 Å². The number of hydrogen-bond acceptors (Lipinski definition) is 4. The molecule has 1 aromatic rings. The fourth-order valence-corrected chi connectivity index (χ4v) is 1.27. The first kappa shape index (κ1) is 12.8. The van der Waals surface area contributed by atoms with Gasteiger partial charge in [-0.15, -0.1) is 0 Å². The first-order valence-electron chi connectivity index (χ1n) is 5.14. The summed E-state index contributed by atoms with van der Waals surface area (Å²) in [7, 11) is 1.51. The molecule has 4 heteroatoms. The maximum atomic E-state index is 11.1. The van der Waals surface area contributed by atoms with E-state index in [1.165, 1.54) is 13.2 Å². The largest absolute Gasteiger partial charge is 0.496 e. The number of esters is 1. The van der Waals surface area contributed by atoms with E-state index in [0.29, 0.717) is 17.9 Å². The summed E-state index contributed by atoms with van der Waals surface area (Å²) in [5.41, 5.74) is 1.23. The van der Waals surface area contributed by atoms with Gasteiger partial charge in [0, 0.05) is 11.6 Å². The molecule has 4 nitrogen and oxygen atoms in total. The van der Waals surface area contributed by atoms with Crippen LogP contribution in [0, 0.1) is 11.3 Å². The van der Waals surface area contributed by atoms with E-state index in [2.05, 4.69) is 0 Å². The van der Waals surface area contributed by atoms with Crippen LogP contribution >= 0.6 is 0 Å². The van der Waals surface area contributed by atoms with Gasteiger partial charge in [-0.2, -0.15) is 5.26 Å². The first-order chi connectivity index (χ1) is 8.21. The number of ether oxygens (including phenoxy) is 2. The molecule has 0 heterocycles. The van der Waals surface area contributed by atoms with E-state index in [-0.39, 0.29) is 0 Å². The number of nitriles is 1. The lowest BCUT2D eigenvalue weighted by atomic mass is 10.1. The quantitative estimate of drug-likeness (QED) is 0.588. The molecule has 0 amide bonds. The van der Waals surface area contributed by atoms with Crippen LogP contribution in [0.25, 0.3) is 6.08 Å². The highest BCUT2D eigenvalue weighted by molar-refractivity contribution is 5.87. The Morgan fingerprint density at radius 2 is 2.29 bits per heavy atom. The zero-order chi connectivity index (χ0) is 12.7. The Kier molecular flexibility index (Phi) is 4.77. The highest BCUT2D eigenvalue weighted by Crippen LogP contribution is 2.21. The van der Waals surface area contributed by atoms with E-state index in [0.717, 1.165) is 5.56 Å². The van der Waals surface area contributed by atoms with Crippen LogP contribution in [0.4, 0.5) is 0 Å². The van der Waals surface area contributed by atoms with Gasteiger partial charge in [-0.25, -0.2) is 4.79 Å². The average molecular weight is 231 g/mol. The van der Waals surface area contributed by atoms with Gasteiger partial charge < -0.3 is 9.47 Å². The Morgan fingerprint density at radius 3 is 2.88 bits per heavy atom. The molecule has 1 rings (SSSR count). The highest BCUT2D eigenvalue weighted by atomic mass is 16.5. The van der Waals surface area contributed by atoms with Crippen molar-refractivity contribution in [2.45, 2.75) is 6.92 Å². The lowest BCUT2D eigenvalue weighted by Crippen LogP contribution is -1.98. The van der Waals surface area contributed by atoms with Crippen LogP contribution < -0.4 is 4.74 Å². The molecular weight excluding hydrogens is 218 g/mol. The van der Waals surface area contributed by atoms with Crippen LogP contribution in [-0.2, 0) is 9.53 Å². The minimum atomic E-state index is -0.404. The third kappa shape index (κ3) is 3.65. The molecular formula is C13H13NO3. The zero-order valence-electron chi connectivity index (χ0n) is 9.77. The number of hydrogen-bond donors (Lipinski definition) is 0. The molecule has 0 radical (unpaired) electrons. The number of carbonyl (C=O) groups is 1. The number of rotatable bonds is 4. The van der Waals surface area contributed by atoms with Crippen molar-refractivity contribution in [3.8, 4) is 11.8 Å². The van der Waals surface area contributed by atoms with Crippen molar-refractivity contribution < 1.29 is 14.3 Å². The number of methoxy groups -OCH3 is 1. The van der Waals surface area contributed by atoms with Gasteiger partial charge in [-0.05, 0) is 31.2 Å². The van der Waals surface area contributed by atoms with Crippen molar-refractivity contribution >= 4 is 12.0 Å². The standard InChI is InChI=1S/C13H13NO3/c1-3-17-13(15)7-6-11-5-4-10(9-14)8-12(11)16-2/h4-8H,3H2,1-2H3. The summed E-state index contributed by atoms with van der Waals surface area (Å²) in [5.74, 6) is 0.142. The van der Waals surface area contributed by atoms with Crippen LogP contribution in [-0.4, -0.2) is 19.7 Å². The Morgan fingerprint density at radius 1 is 1.53 bits per heavy atom.